The number of rotatable bonds is 6. The van der Waals surface area contributed by atoms with Gasteiger partial charge in [-0.05, 0) is 43.7 Å². The molecule has 5 nitrogen and oxygen atoms in total. The maximum Gasteiger partial charge on any atom is 0.168 e. The Hall–Kier alpha value is -0.970. The van der Waals surface area contributed by atoms with E-state index in [0.717, 1.165) is 12.2 Å². The molecule has 0 aliphatic heterocycles. The second-order valence-corrected chi connectivity index (χ2v) is 4.59. The summed E-state index contributed by atoms with van der Waals surface area (Å²) in [5.41, 5.74) is 0. The van der Waals surface area contributed by atoms with Crippen molar-refractivity contribution in [3.05, 3.63) is 5.82 Å². The van der Waals surface area contributed by atoms with Gasteiger partial charge in [-0.25, -0.2) is 4.68 Å². The number of nitrogens with zero attached hydrogens (tertiary/aromatic N) is 4. The molecule has 0 fully saturated rings. The summed E-state index contributed by atoms with van der Waals surface area (Å²) >= 11 is 0. The van der Waals surface area contributed by atoms with E-state index in [1.165, 1.54) is 6.42 Å². The van der Waals surface area contributed by atoms with Gasteiger partial charge in [-0.2, -0.15) is 0 Å². The van der Waals surface area contributed by atoms with E-state index < -0.39 is 0 Å². The number of nitrogens with one attached hydrogen (secondary N) is 1. The van der Waals surface area contributed by atoms with E-state index in [0.29, 0.717) is 12.0 Å². The van der Waals surface area contributed by atoms with E-state index in [4.69, 9.17) is 0 Å². The molecule has 0 aliphatic rings. The number of aromatic nitrogens is 4. The fourth-order valence-electron chi connectivity index (χ4n) is 1.78. The van der Waals surface area contributed by atoms with Crippen LogP contribution in [-0.2, 0) is 0 Å². The van der Waals surface area contributed by atoms with Crippen LogP contribution in [0.1, 0.15) is 58.4 Å². The third-order valence-corrected chi connectivity index (χ3v) is 3.20. The van der Waals surface area contributed by atoms with Crippen LogP contribution < -0.4 is 5.32 Å². The topological polar surface area (TPSA) is 55.6 Å². The Morgan fingerprint density at radius 3 is 2.56 bits per heavy atom. The minimum absolute atomic E-state index is 0.189. The summed E-state index contributed by atoms with van der Waals surface area (Å²) in [6, 6.07) is 0.546. The van der Waals surface area contributed by atoms with Gasteiger partial charge in [-0.15, -0.1) is 5.10 Å². The molecule has 0 bridgehead atoms. The Morgan fingerprint density at radius 1 is 1.31 bits per heavy atom. The Bertz CT molecular complexity index is 309. The molecule has 0 aromatic carbocycles. The van der Waals surface area contributed by atoms with Gasteiger partial charge in [0, 0.05) is 0 Å². The quantitative estimate of drug-likeness (QED) is 0.804. The largest absolute Gasteiger partial charge is 0.311 e. The van der Waals surface area contributed by atoms with E-state index in [9.17, 15) is 0 Å². The van der Waals surface area contributed by atoms with E-state index in [1.807, 2.05) is 11.7 Å². The maximum atomic E-state index is 4.09. The first kappa shape index (κ1) is 13.1. The van der Waals surface area contributed by atoms with Crippen LogP contribution >= 0.6 is 0 Å². The average Bonchev–Trinajstić information content (AvgIpc) is 2.76. The van der Waals surface area contributed by atoms with E-state index >= 15 is 0 Å². The highest BCUT2D eigenvalue weighted by atomic mass is 15.6. The predicted molar refractivity (Wildman–Crippen MR) is 64.1 cm³/mol. The molecule has 3 unspecified atom stereocenters. The molecular formula is C11H23N5. The zero-order chi connectivity index (χ0) is 12.1. The molecule has 0 aliphatic carbocycles. The molecule has 16 heavy (non-hydrogen) atoms. The third kappa shape index (κ3) is 3.01. The molecule has 0 saturated heterocycles. The van der Waals surface area contributed by atoms with Crippen molar-refractivity contribution in [3.8, 4) is 0 Å². The average molecular weight is 225 g/mol. The van der Waals surface area contributed by atoms with Crippen molar-refractivity contribution in [1.82, 2.24) is 25.5 Å². The summed E-state index contributed by atoms with van der Waals surface area (Å²) in [5.74, 6) is 1.62. The fraction of sp³-hybridized carbons (Fsp3) is 0.909. The highest BCUT2D eigenvalue weighted by Crippen LogP contribution is 2.21. The first-order valence-corrected chi connectivity index (χ1v) is 6.05. The van der Waals surface area contributed by atoms with Crippen LogP contribution in [0.4, 0.5) is 0 Å². The van der Waals surface area contributed by atoms with Crippen molar-refractivity contribution >= 4 is 0 Å². The molecule has 1 N–H and O–H groups in total. The molecule has 92 valence electrons. The Balaban J connectivity index is 2.75. The molecule has 0 amide bonds. The van der Waals surface area contributed by atoms with Crippen molar-refractivity contribution in [1.29, 1.82) is 0 Å². The normalized spacial score (nSPS) is 17.1. The van der Waals surface area contributed by atoms with Crippen molar-refractivity contribution < 1.29 is 0 Å². The summed E-state index contributed by atoms with van der Waals surface area (Å²) < 4.78 is 1.94. The maximum absolute atomic E-state index is 4.09. The van der Waals surface area contributed by atoms with Crippen LogP contribution in [0.25, 0.3) is 0 Å². The van der Waals surface area contributed by atoms with Gasteiger partial charge in [0.15, 0.2) is 5.82 Å². The van der Waals surface area contributed by atoms with E-state index in [-0.39, 0.29) is 6.04 Å². The summed E-state index contributed by atoms with van der Waals surface area (Å²) in [6.07, 6.45) is 2.31. The Kier molecular flexibility index (Phi) is 4.86. The second-order valence-electron chi connectivity index (χ2n) is 4.59. The zero-order valence-electron chi connectivity index (χ0n) is 10.9. The molecular weight excluding hydrogens is 202 g/mol. The monoisotopic (exact) mass is 225 g/mol. The van der Waals surface area contributed by atoms with Gasteiger partial charge in [-0.3, -0.25) is 0 Å². The van der Waals surface area contributed by atoms with Crippen LogP contribution in [0.2, 0.25) is 0 Å². The smallest absolute Gasteiger partial charge is 0.168 e. The lowest BCUT2D eigenvalue weighted by atomic mass is 10.0. The molecule has 0 saturated carbocycles. The minimum atomic E-state index is 0.189. The van der Waals surface area contributed by atoms with Crippen LogP contribution in [0.15, 0.2) is 0 Å². The number of hydrogen-bond acceptors (Lipinski definition) is 4. The first-order chi connectivity index (χ1) is 7.60. The molecule has 5 heteroatoms. The minimum Gasteiger partial charge on any atom is -0.311 e. The summed E-state index contributed by atoms with van der Waals surface area (Å²) in [7, 11) is 1.92. The lowest BCUT2D eigenvalue weighted by Gasteiger charge is -2.19. The summed E-state index contributed by atoms with van der Waals surface area (Å²) in [4.78, 5) is 0. The van der Waals surface area contributed by atoms with Crippen molar-refractivity contribution in [3.63, 3.8) is 0 Å². The summed E-state index contributed by atoms with van der Waals surface area (Å²) in [6.45, 7) is 8.72. The molecule has 1 rings (SSSR count). The van der Waals surface area contributed by atoms with Crippen molar-refractivity contribution in [2.45, 2.75) is 52.6 Å². The van der Waals surface area contributed by atoms with Crippen molar-refractivity contribution in [2.75, 3.05) is 7.05 Å². The zero-order valence-corrected chi connectivity index (χ0v) is 10.9. The lowest BCUT2D eigenvalue weighted by Crippen LogP contribution is -2.21. The Labute approximate surface area is 97.6 Å². The van der Waals surface area contributed by atoms with Gasteiger partial charge in [0.05, 0.1) is 12.1 Å². The van der Waals surface area contributed by atoms with E-state index in [1.54, 1.807) is 0 Å². The molecule has 1 aromatic heterocycles. The third-order valence-electron chi connectivity index (χ3n) is 3.20. The second kappa shape index (κ2) is 5.94. The molecule has 0 radical (unpaired) electrons. The number of hydrogen-bond donors (Lipinski definition) is 1. The predicted octanol–water partition coefficient (Wildman–Crippen LogP) is 1.95. The van der Waals surface area contributed by atoms with Gasteiger partial charge < -0.3 is 5.32 Å². The standard InChI is InChI=1S/C11H23N5/c1-6-8(2)7-9(3)16-11(10(4)12-5)13-14-15-16/h8-10,12H,6-7H2,1-5H3. The fourth-order valence-corrected chi connectivity index (χ4v) is 1.78. The van der Waals surface area contributed by atoms with Gasteiger partial charge in [0.25, 0.3) is 0 Å². The van der Waals surface area contributed by atoms with Crippen LogP contribution in [-0.4, -0.2) is 27.3 Å². The van der Waals surface area contributed by atoms with Gasteiger partial charge >= 0.3 is 0 Å². The molecule has 1 aromatic rings. The molecule has 0 spiro atoms. The lowest BCUT2D eigenvalue weighted by molar-refractivity contribution is 0.352. The van der Waals surface area contributed by atoms with Crippen molar-refractivity contribution in [2.24, 2.45) is 5.92 Å². The number of tetrazole rings is 1. The molecule has 3 atom stereocenters. The van der Waals surface area contributed by atoms with Gasteiger partial charge in [-0.1, -0.05) is 20.3 Å². The highest BCUT2D eigenvalue weighted by Gasteiger charge is 2.18. The van der Waals surface area contributed by atoms with Crippen LogP contribution in [0.5, 0.6) is 0 Å². The molecule has 1 heterocycles. The SMILES string of the molecule is CCC(C)CC(C)n1nnnc1C(C)NC. The van der Waals surface area contributed by atoms with Crippen LogP contribution in [0.3, 0.4) is 0 Å². The van der Waals surface area contributed by atoms with Gasteiger partial charge in [0.2, 0.25) is 0 Å². The van der Waals surface area contributed by atoms with E-state index in [2.05, 4.69) is 48.5 Å². The summed E-state index contributed by atoms with van der Waals surface area (Å²) in [5, 5.41) is 15.1. The first-order valence-electron chi connectivity index (χ1n) is 6.05. The Morgan fingerprint density at radius 2 is 2.00 bits per heavy atom. The highest BCUT2D eigenvalue weighted by molar-refractivity contribution is 4.90. The van der Waals surface area contributed by atoms with Gasteiger partial charge in [0.1, 0.15) is 0 Å². The van der Waals surface area contributed by atoms with Crippen LogP contribution in [0, 0.1) is 5.92 Å².